The average molecular weight is 346 g/mol. The van der Waals surface area contributed by atoms with Gasteiger partial charge in [-0.05, 0) is 42.7 Å². The zero-order chi connectivity index (χ0) is 15.6. The number of carbonyl (C=O) groups excluding carboxylic acids is 1. The van der Waals surface area contributed by atoms with E-state index in [1.165, 1.54) is 22.6 Å². The van der Waals surface area contributed by atoms with Crippen LogP contribution in [0.1, 0.15) is 39.5 Å². The Morgan fingerprint density at radius 2 is 2.22 bits per heavy atom. The van der Waals surface area contributed by atoms with Crippen LogP contribution in [0, 0.1) is 0 Å². The fraction of sp³-hybridized carbons (Fsp3) is 0.312. The van der Waals surface area contributed by atoms with E-state index in [2.05, 4.69) is 10.1 Å². The Morgan fingerprint density at radius 1 is 1.30 bits per heavy atom. The van der Waals surface area contributed by atoms with Gasteiger partial charge in [-0.15, -0.1) is 22.7 Å². The molecule has 4 rings (SSSR count). The van der Waals surface area contributed by atoms with Gasteiger partial charge in [0.15, 0.2) is 6.61 Å². The van der Waals surface area contributed by atoms with Gasteiger partial charge in [-0.2, -0.15) is 4.98 Å². The van der Waals surface area contributed by atoms with Crippen LogP contribution in [0.2, 0.25) is 0 Å². The first kappa shape index (κ1) is 14.6. The van der Waals surface area contributed by atoms with Gasteiger partial charge in [-0.1, -0.05) is 11.2 Å². The topological polar surface area (TPSA) is 65.2 Å². The van der Waals surface area contributed by atoms with E-state index < -0.39 is 0 Å². The molecular formula is C16H14N2O3S2. The second kappa shape index (κ2) is 6.25. The highest BCUT2D eigenvalue weighted by atomic mass is 32.1. The van der Waals surface area contributed by atoms with Gasteiger partial charge in [-0.25, -0.2) is 4.79 Å². The number of rotatable bonds is 4. The van der Waals surface area contributed by atoms with Gasteiger partial charge in [0, 0.05) is 10.3 Å². The van der Waals surface area contributed by atoms with Crippen LogP contribution in [0.15, 0.2) is 27.4 Å². The summed E-state index contributed by atoms with van der Waals surface area (Å²) in [4.78, 5) is 18.8. The molecule has 0 bridgehead atoms. The number of carbonyl (C=O) groups is 1. The molecule has 118 valence electrons. The molecule has 3 aromatic rings. The summed E-state index contributed by atoms with van der Waals surface area (Å²) in [7, 11) is 0. The van der Waals surface area contributed by atoms with Crippen LogP contribution in [-0.2, 0) is 24.2 Å². The third-order valence-corrected chi connectivity index (χ3v) is 5.77. The Labute approximate surface area is 140 Å². The molecule has 23 heavy (non-hydrogen) atoms. The van der Waals surface area contributed by atoms with Crippen LogP contribution in [0.5, 0.6) is 0 Å². The first-order valence-electron chi connectivity index (χ1n) is 7.44. The highest BCUT2D eigenvalue weighted by molar-refractivity contribution is 7.13. The van der Waals surface area contributed by atoms with Crippen molar-refractivity contribution in [3.05, 3.63) is 44.8 Å². The molecule has 7 heteroatoms. The number of aromatic nitrogens is 2. The van der Waals surface area contributed by atoms with Crippen LogP contribution in [0.25, 0.3) is 10.7 Å². The number of ether oxygens (including phenoxy) is 1. The van der Waals surface area contributed by atoms with Crippen molar-refractivity contribution >= 4 is 28.6 Å². The van der Waals surface area contributed by atoms with Crippen molar-refractivity contribution in [1.29, 1.82) is 0 Å². The standard InChI is InChI=1S/C16H14N2O3S2/c19-16(11-9-23-12-5-2-1-4-10(11)12)20-8-14-17-15(18-21-14)13-6-3-7-22-13/h3,6-7,9H,1-2,4-5,8H2. The Kier molecular flexibility index (Phi) is 3.97. The molecule has 0 atom stereocenters. The minimum Gasteiger partial charge on any atom is -0.452 e. The summed E-state index contributed by atoms with van der Waals surface area (Å²) in [6, 6.07) is 3.85. The monoisotopic (exact) mass is 346 g/mol. The zero-order valence-corrected chi connectivity index (χ0v) is 13.9. The minimum atomic E-state index is -0.305. The van der Waals surface area contributed by atoms with Crippen LogP contribution in [0.3, 0.4) is 0 Å². The van der Waals surface area contributed by atoms with Crippen molar-refractivity contribution in [1.82, 2.24) is 10.1 Å². The summed E-state index contributed by atoms with van der Waals surface area (Å²) in [5.74, 6) is 0.532. The van der Waals surface area contributed by atoms with Crippen LogP contribution < -0.4 is 0 Å². The predicted molar refractivity (Wildman–Crippen MR) is 87.7 cm³/mol. The molecule has 5 nitrogen and oxygen atoms in total. The second-order valence-corrected chi connectivity index (χ2v) is 7.24. The lowest BCUT2D eigenvalue weighted by molar-refractivity contribution is 0.0429. The Morgan fingerprint density at radius 3 is 3.09 bits per heavy atom. The van der Waals surface area contributed by atoms with Crippen LogP contribution in [-0.4, -0.2) is 16.1 Å². The maximum absolute atomic E-state index is 12.3. The summed E-state index contributed by atoms with van der Waals surface area (Å²) in [5, 5.41) is 7.76. The maximum atomic E-state index is 12.3. The molecular weight excluding hydrogens is 332 g/mol. The van der Waals surface area contributed by atoms with Gasteiger partial charge >= 0.3 is 5.97 Å². The fourth-order valence-electron chi connectivity index (χ4n) is 2.69. The van der Waals surface area contributed by atoms with Gasteiger partial charge < -0.3 is 9.26 Å². The van der Waals surface area contributed by atoms with E-state index in [4.69, 9.17) is 9.26 Å². The quantitative estimate of drug-likeness (QED) is 0.666. The van der Waals surface area contributed by atoms with E-state index in [0.717, 1.165) is 29.7 Å². The Hall–Kier alpha value is -1.99. The van der Waals surface area contributed by atoms with Crippen LogP contribution >= 0.6 is 22.7 Å². The van der Waals surface area contributed by atoms with Gasteiger partial charge in [0.1, 0.15) is 0 Å². The van der Waals surface area contributed by atoms with E-state index in [0.29, 0.717) is 17.3 Å². The molecule has 3 heterocycles. The number of hydrogen-bond acceptors (Lipinski definition) is 7. The Balaban J connectivity index is 1.43. The lowest BCUT2D eigenvalue weighted by atomic mass is 9.96. The van der Waals surface area contributed by atoms with Crippen molar-refractivity contribution in [3.8, 4) is 10.7 Å². The number of thiophene rings is 2. The SMILES string of the molecule is O=C(OCc1nc(-c2cccs2)no1)c1csc2c1CCCC2. The molecule has 0 amide bonds. The molecule has 3 aromatic heterocycles. The van der Waals surface area contributed by atoms with Crippen molar-refractivity contribution in [3.63, 3.8) is 0 Å². The smallest absolute Gasteiger partial charge is 0.339 e. The number of esters is 1. The van der Waals surface area contributed by atoms with E-state index >= 15 is 0 Å². The third kappa shape index (κ3) is 2.94. The highest BCUT2D eigenvalue weighted by Gasteiger charge is 2.21. The lowest BCUT2D eigenvalue weighted by Gasteiger charge is -2.11. The fourth-order valence-corrected chi connectivity index (χ4v) is 4.45. The molecule has 0 N–H and O–H groups in total. The summed E-state index contributed by atoms with van der Waals surface area (Å²) in [5.41, 5.74) is 1.86. The second-order valence-electron chi connectivity index (χ2n) is 5.32. The molecule has 1 aliphatic rings. The summed E-state index contributed by atoms with van der Waals surface area (Å²) >= 11 is 3.19. The van der Waals surface area contributed by atoms with E-state index in [-0.39, 0.29) is 12.6 Å². The van der Waals surface area contributed by atoms with Crippen molar-refractivity contribution in [2.75, 3.05) is 0 Å². The summed E-state index contributed by atoms with van der Waals surface area (Å²) < 4.78 is 10.5. The molecule has 0 aromatic carbocycles. The number of aryl methyl sites for hydroxylation is 1. The van der Waals surface area contributed by atoms with Crippen molar-refractivity contribution < 1.29 is 14.1 Å². The molecule has 0 saturated carbocycles. The summed E-state index contributed by atoms with van der Waals surface area (Å²) in [6.07, 6.45) is 4.38. The number of nitrogens with zero attached hydrogens (tertiary/aromatic N) is 2. The van der Waals surface area contributed by atoms with Crippen molar-refractivity contribution in [2.45, 2.75) is 32.3 Å². The maximum Gasteiger partial charge on any atom is 0.339 e. The van der Waals surface area contributed by atoms with Crippen LogP contribution in [0.4, 0.5) is 0 Å². The van der Waals surface area contributed by atoms with Gasteiger partial charge in [0.2, 0.25) is 5.82 Å². The van der Waals surface area contributed by atoms with Gasteiger partial charge in [0.05, 0.1) is 10.4 Å². The molecule has 0 spiro atoms. The molecule has 0 fully saturated rings. The Bertz CT molecular complexity index is 820. The average Bonchev–Trinajstić information content (AvgIpc) is 3.31. The molecule has 0 aliphatic heterocycles. The number of hydrogen-bond donors (Lipinski definition) is 0. The highest BCUT2D eigenvalue weighted by Crippen LogP contribution is 2.30. The predicted octanol–water partition coefficient (Wildman–Crippen LogP) is 4.10. The van der Waals surface area contributed by atoms with Gasteiger partial charge in [0.25, 0.3) is 5.89 Å². The summed E-state index contributed by atoms with van der Waals surface area (Å²) in [6.45, 7) is 0.00181. The normalized spacial score (nSPS) is 13.7. The minimum absolute atomic E-state index is 0.00181. The number of fused-ring (bicyclic) bond motifs is 1. The molecule has 0 saturated heterocycles. The van der Waals surface area contributed by atoms with E-state index in [1.54, 1.807) is 11.3 Å². The first-order chi connectivity index (χ1) is 11.3. The largest absolute Gasteiger partial charge is 0.452 e. The van der Waals surface area contributed by atoms with E-state index in [1.807, 2.05) is 22.9 Å². The third-order valence-electron chi connectivity index (χ3n) is 3.82. The molecule has 0 radical (unpaired) electrons. The van der Waals surface area contributed by atoms with Gasteiger partial charge in [-0.3, -0.25) is 0 Å². The van der Waals surface area contributed by atoms with Crippen molar-refractivity contribution in [2.24, 2.45) is 0 Å². The lowest BCUT2D eigenvalue weighted by Crippen LogP contribution is -2.09. The van der Waals surface area contributed by atoms with E-state index in [9.17, 15) is 4.79 Å². The first-order valence-corrected chi connectivity index (χ1v) is 9.20. The molecule has 1 aliphatic carbocycles. The molecule has 0 unspecified atom stereocenters. The zero-order valence-electron chi connectivity index (χ0n) is 12.3.